The fourth-order valence-corrected chi connectivity index (χ4v) is 2.06. The summed E-state index contributed by atoms with van der Waals surface area (Å²) in [5, 5.41) is 22.3. The van der Waals surface area contributed by atoms with Crippen molar-refractivity contribution in [2.75, 3.05) is 11.9 Å². The predicted molar refractivity (Wildman–Crippen MR) is 93.9 cm³/mol. The molecule has 0 radical (unpaired) electrons. The molecule has 2 rings (SSSR count). The van der Waals surface area contributed by atoms with Crippen molar-refractivity contribution in [3.8, 4) is 11.8 Å². The Labute approximate surface area is 154 Å². The van der Waals surface area contributed by atoms with Crippen molar-refractivity contribution in [1.29, 1.82) is 5.26 Å². The summed E-state index contributed by atoms with van der Waals surface area (Å²) in [5.41, 5.74) is 0.474. The summed E-state index contributed by atoms with van der Waals surface area (Å²) in [6, 6.07) is 13.8. The van der Waals surface area contributed by atoms with Gasteiger partial charge in [0.2, 0.25) is 0 Å². The Morgan fingerprint density at radius 1 is 1.26 bits per heavy atom. The van der Waals surface area contributed by atoms with Gasteiger partial charge in [-0.3, -0.25) is 14.9 Å². The number of carbonyl (C=O) groups excluding carboxylic acids is 2. The molecular weight excluding hydrogens is 354 g/mol. The smallest absolute Gasteiger partial charge is 0.344 e. The second-order valence-corrected chi connectivity index (χ2v) is 5.33. The fraction of sp³-hybridized carbons (Fsp3) is 0.167. The molecule has 0 aliphatic heterocycles. The Hall–Kier alpha value is -3.93. The largest absolute Gasteiger partial charge is 0.475 e. The molecule has 0 aromatic heterocycles. The summed E-state index contributed by atoms with van der Waals surface area (Å²) >= 11 is 0. The quantitative estimate of drug-likeness (QED) is 0.450. The molecule has 2 aromatic carbocycles. The van der Waals surface area contributed by atoms with Gasteiger partial charge in [0.25, 0.3) is 5.91 Å². The van der Waals surface area contributed by atoms with Gasteiger partial charge in [-0.2, -0.15) is 5.26 Å². The number of amides is 1. The zero-order valence-electron chi connectivity index (χ0n) is 14.2. The van der Waals surface area contributed by atoms with Gasteiger partial charge in [0.15, 0.2) is 18.5 Å². The van der Waals surface area contributed by atoms with Crippen molar-refractivity contribution in [3.63, 3.8) is 0 Å². The number of nitro benzene ring substituents is 1. The lowest BCUT2D eigenvalue weighted by atomic mass is 10.2. The first kappa shape index (κ1) is 19.4. The number of rotatable bonds is 7. The molecule has 138 valence electrons. The van der Waals surface area contributed by atoms with Crippen LogP contribution in [0.1, 0.15) is 12.5 Å². The van der Waals surface area contributed by atoms with E-state index in [4.69, 9.17) is 14.7 Å². The number of esters is 1. The Bertz CT molecular complexity index is 906. The standard InChI is InChI=1S/C18H15N3O6/c1-12(18(23)20-14-6-4-5-13(9-14)10-19)27-17(22)11-26-16-8-3-2-7-15(16)21(24)25/h2-9,12H,11H2,1H3,(H,20,23)/t12-/m1/s1. The number of carbonyl (C=O) groups is 2. The number of hydrogen-bond donors (Lipinski definition) is 1. The van der Waals surface area contributed by atoms with E-state index in [0.29, 0.717) is 11.3 Å². The summed E-state index contributed by atoms with van der Waals surface area (Å²) in [6.07, 6.45) is -1.13. The van der Waals surface area contributed by atoms with Crippen molar-refractivity contribution in [2.24, 2.45) is 0 Å². The lowest BCUT2D eigenvalue weighted by molar-refractivity contribution is -0.385. The normalized spacial score (nSPS) is 11.0. The molecule has 0 fully saturated rings. The SMILES string of the molecule is C[C@@H](OC(=O)COc1ccccc1[N+](=O)[O-])C(=O)Nc1cccc(C#N)c1. The molecule has 9 nitrogen and oxygen atoms in total. The van der Waals surface area contributed by atoms with Crippen molar-refractivity contribution < 1.29 is 24.0 Å². The topological polar surface area (TPSA) is 132 Å². The van der Waals surface area contributed by atoms with Crippen LogP contribution in [0, 0.1) is 21.4 Å². The van der Waals surface area contributed by atoms with Crippen LogP contribution in [-0.4, -0.2) is 29.5 Å². The van der Waals surface area contributed by atoms with Gasteiger partial charge in [-0.15, -0.1) is 0 Å². The maximum Gasteiger partial charge on any atom is 0.344 e. The van der Waals surface area contributed by atoms with E-state index in [2.05, 4.69) is 5.32 Å². The lowest BCUT2D eigenvalue weighted by Crippen LogP contribution is -2.31. The second kappa shape index (κ2) is 8.96. The van der Waals surface area contributed by atoms with Gasteiger partial charge >= 0.3 is 11.7 Å². The van der Waals surface area contributed by atoms with E-state index < -0.39 is 29.5 Å². The summed E-state index contributed by atoms with van der Waals surface area (Å²) in [6.45, 7) is 0.777. The molecule has 27 heavy (non-hydrogen) atoms. The van der Waals surface area contributed by atoms with Crippen LogP contribution >= 0.6 is 0 Å². The Kier molecular flexibility index (Phi) is 6.44. The molecular formula is C18H15N3O6. The molecule has 9 heteroatoms. The van der Waals surface area contributed by atoms with E-state index in [-0.39, 0.29) is 11.4 Å². The van der Waals surface area contributed by atoms with Crippen molar-refractivity contribution in [2.45, 2.75) is 13.0 Å². The highest BCUT2D eigenvalue weighted by Gasteiger charge is 2.20. The first-order valence-corrected chi connectivity index (χ1v) is 7.77. The third-order valence-corrected chi connectivity index (χ3v) is 3.34. The first-order valence-electron chi connectivity index (χ1n) is 7.77. The number of nitrogens with zero attached hydrogens (tertiary/aromatic N) is 2. The van der Waals surface area contributed by atoms with E-state index in [0.717, 1.165) is 0 Å². The molecule has 0 saturated heterocycles. The average Bonchev–Trinajstić information content (AvgIpc) is 2.66. The Morgan fingerprint density at radius 2 is 2.00 bits per heavy atom. The summed E-state index contributed by atoms with van der Waals surface area (Å²) in [4.78, 5) is 34.1. The third-order valence-electron chi connectivity index (χ3n) is 3.34. The predicted octanol–water partition coefficient (Wildman–Crippen LogP) is 2.42. The fourth-order valence-electron chi connectivity index (χ4n) is 2.06. The zero-order chi connectivity index (χ0) is 19.8. The molecule has 0 saturated carbocycles. The molecule has 0 aliphatic carbocycles. The summed E-state index contributed by atoms with van der Waals surface area (Å²) in [7, 11) is 0. The Balaban J connectivity index is 1.89. The molecule has 0 aliphatic rings. The molecule has 0 spiro atoms. The van der Waals surface area contributed by atoms with E-state index in [1.165, 1.54) is 37.3 Å². The number of para-hydroxylation sites is 2. The van der Waals surface area contributed by atoms with Crippen LogP contribution in [0.5, 0.6) is 5.75 Å². The maximum absolute atomic E-state index is 12.1. The van der Waals surface area contributed by atoms with Gasteiger partial charge in [-0.25, -0.2) is 4.79 Å². The minimum atomic E-state index is -1.13. The van der Waals surface area contributed by atoms with Crippen molar-refractivity contribution in [3.05, 3.63) is 64.2 Å². The molecule has 0 heterocycles. The summed E-state index contributed by atoms with van der Waals surface area (Å²) < 4.78 is 10.1. The van der Waals surface area contributed by atoms with Crippen molar-refractivity contribution >= 4 is 23.3 Å². The van der Waals surface area contributed by atoms with E-state index in [9.17, 15) is 19.7 Å². The zero-order valence-corrected chi connectivity index (χ0v) is 14.2. The minimum absolute atomic E-state index is 0.0788. The van der Waals surface area contributed by atoms with Crippen LogP contribution in [0.4, 0.5) is 11.4 Å². The van der Waals surface area contributed by atoms with Crippen LogP contribution in [-0.2, 0) is 14.3 Å². The number of benzene rings is 2. The maximum atomic E-state index is 12.1. The number of anilines is 1. The van der Waals surface area contributed by atoms with Gasteiger partial charge in [0, 0.05) is 11.8 Å². The summed E-state index contributed by atoms with van der Waals surface area (Å²) in [5.74, 6) is -1.53. The minimum Gasteiger partial charge on any atom is -0.475 e. The van der Waals surface area contributed by atoms with E-state index in [1.54, 1.807) is 18.2 Å². The van der Waals surface area contributed by atoms with Gasteiger partial charge in [0.1, 0.15) is 0 Å². The lowest BCUT2D eigenvalue weighted by Gasteiger charge is -2.14. The number of hydrogen-bond acceptors (Lipinski definition) is 7. The molecule has 0 unspecified atom stereocenters. The van der Waals surface area contributed by atoms with Gasteiger partial charge in [-0.1, -0.05) is 18.2 Å². The first-order chi connectivity index (χ1) is 12.9. The average molecular weight is 369 g/mol. The molecule has 1 atom stereocenters. The monoisotopic (exact) mass is 369 g/mol. The van der Waals surface area contributed by atoms with Gasteiger partial charge in [0.05, 0.1) is 16.6 Å². The Morgan fingerprint density at radius 3 is 2.70 bits per heavy atom. The van der Waals surface area contributed by atoms with Crippen LogP contribution < -0.4 is 10.1 Å². The van der Waals surface area contributed by atoms with Crippen molar-refractivity contribution in [1.82, 2.24) is 0 Å². The molecule has 0 bridgehead atoms. The van der Waals surface area contributed by atoms with E-state index in [1.807, 2.05) is 6.07 Å². The number of nitrogens with one attached hydrogen (secondary N) is 1. The second-order valence-electron chi connectivity index (χ2n) is 5.33. The number of ether oxygens (including phenoxy) is 2. The van der Waals surface area contributed by atoms with Crippen LogP contribution in [0.3, 0.4) is 0 Å². The van der Waals surface area contributed by atoms with E-state index >= 15 is 0 Å². The molecule has 1 N–H and O–H groups in total. The molecule has 1 amide bonds. The highest BCUT2D eigenvalue weighted by Crippen LogP contribution is 2.25. The third kappa shape index (κ3) is 5.54. The number of nitriles is 1. The van der Waals surface area contributed by atoms with Crippen LogP contribution in [0.25, 0.3) is 0 Å². The highest BCUT2D eigenvalue weighted by molar-refractivity contribution is 5.95. The van der Waals surface area contributed by atoms with Gasteiger partial charge < -0.3 is 14.8 Å². The van der Waals surface area contributed by atoms with Gasteiger partial charge in [-0.05, 0) is 31.2 Å². The van der Waals surface area contributed by atoms with Crippen LogP contribution in [0.15, 0.2) is 48.5 Å². The highest BCUT2D eigenvalue weighted by atomic mass is 16.6. The number of nitro groups is 1. The van der Waals surface area contributed by atoms with Crippen LogP contribution in [0.2, 0.25) is 0 Å². The molecule has 2 aromatic rings.